The molecular weight excluding hydrogens is 222 g/mol. The van der Waals surface area contributed by atoms with Gasteiger partial charge in [-0.2, -0.15) is 0 Å². The van der Waals surface area contributed by atoms with Gasteiger partial charge in [-0.25, -0.2) is 0 Å². The second-order valence-electron chi connectivity index (χ2n) is 5.76. The Hall–Kier alpha value is -0.860. The highest BCUT2D eigenvalue weighted by molar-refractivity contribution is 5.31. The van der Waals surface area contributed by atoms with Gasteiger partial charge in [0.05, 0.1) is 5.60 Å². The summed E-state index contributed by atoms with van der Waals surface area (Å²) in [6.45, 7) is 8.31. The molecule has 2 N–H and O–H groups in total. The predicted molar refractivity (Wildman–Crippen MR) is 75.8 cm³/mol. The van der Waals surface area contributed by atoms with E-state index >= 15 is 0 Å². The maximum atomic E-state index is 10.9. The van der Waals surface area contributed by atoms with E-state index in [0.29, 0.717) is 5.92 Å². The number of hydrogen-bond acceptors (Lipinski definition) is 2. The summed E-state index contributed by atoms with van der Waals surface area (Å²) in [6, 6.07) is 6.55. The van der Waals surface area contributed by atoms with Crippen molar-refractivity contribution in [2.24, 2.45) is 5.92 Å². The zero-order valence-electron chi connectivity index (χ0n) is 11.8. The highest BCUT2D eigenvalue weighted by atomic mass is 16.3. The summed E-state index contributed by atoms with van der Waals surface area (Å²) >= 11 is 0. The van der Waals surface area contributed by atoms with Gasteiger partial charge in [-0.3, -0.25) is 0 Å². The van der Waals surface area contributed by atoms with Gasteiger partial charge in [-0.05, 0) is 49.9 Å². The molecule has 2 atom stereocenters. The van der Waals surface area contributed by atoms with Crippen molar-refractivity contribution in [3.8, 4) is 0 Å². The Morgan fingerprint density at radius 1 is 1.33 bits per heavy atom. The van der Waals surface area contributed by atoms with Crippen LogP contribution in [0.1, 0.15) is 36.5 Å². The molecule has 0 spiro atoms. The zero-order valence-corrected chi connectivity index (χ0v) is 11.8. The fraction of sp³-hybridized carbons (Fsp3) is 0.625. The quantitative estimate of drug-likeness (QED) is 0.860. The van der Waals surface area contributed by atoms with E-state index in [2.05, 4.69) is 44.3 Å². The van der Waals surface area contributed by atoms with E-state index in [1.165, 1.54) is 16.7 Å². The minimum Gasteiger partial charge on any atom is -0.389 e. The van der Waals surface area contributed by atoms with Crippen LogP contribution in [0.4, 0.5) is 0 Å². The van der Waals surface area contributed by atoms with Crippen LogP contribution in [0.15, 0.2) is 18.2 Å². The molecule has 1 aliphatic heterocycles. The second kappa shape index (κ2) is 5.41. The first-order valence-electron chi connectivity index (χ1n) is 7.04. The molecule has 0 amide bonds. The molecule has 2 heteroatoms. The summed E-state index contributed by atoms with van der Waals surface area (Å²) in [5, 5.41) is 14.3. The lowest BCUT2D eigenvalue weighted by Gasteiger charge is -2.40. The fourth-order valence-electron chi connectivity index (χ4n) is 3.00. The van der Waals surface area contributed by atoms with E-state index in [4.69, 9.17) is 0 Å². The third-order valence-corrected chi connectivity index (χ3v) is 4.46. The molecule has 18 heavy (non-hydrogen) atoms. The first kappa shape index (κ1) is 13.6. The lowest BCUT2D eigenvalue weighted by Crippen LogP contribution is -2.51. The SMILES string of the molecule is CCC1CNCCC1(O)Cc1ccc(C)c(C)c1. The van der Waals surface area contributed by atoms with Crippen LogP contribution in [0.3, 0.4) is 0 Å². The molecule has 1 aromatic rings. The van der Waals surface area contributed by atoms with E-state index in [0.717, 1.165) is 32.4 Å². The Morgan fingerprint density at radius 2 is 2.11 bits per heavy atom. The topological polar surface area (TPSA) is 32.3 Å². The molecule has 2 unspecified atom stereocenters. The number of aryl methyl sites for hydroxylation is 2. The Balaban J connectivity index is 2.17. The largest absolute Gasteiger partial charge is 0.389 e. The van der Waals surface area contributed by atoms with Gasteiger partial charge >= 0.3 is 0 Å². The Bertz CT molecular complexity index is 416. The van der Waals surface area contributed by atoms with Crippen LogP contribution in [-0.2, 0) is 6.42 Å². The van der Waals surface area contributed by atoms with Crippen molar-refractivity contribution in [3.05, 3.63) is 34.9 Å². The van der Waals surface area contributed by atoms with Crippen molar-refractivity contribution in [2.45, 2.75) is 45.6 Å². The van der Waals surface area contributed by atoms with Gasteiger partial charge < -0.3 is 10.4 Å². The van der Waals surface area contributed by atoms with Crippen molar-refractivity contribution >= 4 is 0 Å². The third kappa shape index (κ3) is 2.76. The lowest BCUT2D eigenvalue weighted by atomic mass is 9.76. The maximum absolute atomic E-state index is 10.9. The van der Waals surface area contributed by atoms with Crippen LogP contribution in [0, 0.1) is 19.8 Å². The second-order valence-corrected chi connectivity index (χ2v) is 5.76. The summed E-state index contributed by atoms with van der Waals surface area (Å²) in [5.41, 5.74) is 3.38. The summed E-state index contributed by atoms with van der Waals surface area (Å²) in [7, 11) is 0. The lowest BCUT2D eigenvalue weighted by molar-refractivity contribution is -0.0414. The predicted octanol–water partition coefficient (Wildman–Crippen LogP) is 2.60. The van der Waals surface area contributed by atoms with E-state index in [1.54, 1.807) is 0 Å². The van der Waals surface area contributed by atoms with Gasteiger partial charge in [0, 0.05) is 18.9 Å². The standard InChI is InChI=1S/C16H25NO/c1-4-15-11-17-8-7-16(15,18)10-14-6-5-12(2)13(3)9-14/h5-6,9,15,17-18H,4,7-8,10-11H2,1-3H3. The van der Waals surface area contributed by atoms with E-state index in [1.807, 2.05) is 0 Å². The number of aliphatic hydroxyl groups is 1. The van der Waals surface area contributed by atoms with Gasteiger partial charge in [-0.1, -0.05) is 25.1 Å². The van der Waals surface area contributed by atoms with Crippen LogP contribution in [-0.4, -0.2) is 23.8 Å². The molecule has 1 saturated heterocycles. The highest BCUT2D eigenvalue weighted by Crippen LogP contribution is 2.31. The number of benzene rings is 1. The van der Waals surface area contributed by atoms with Gasteiger partial charge in [0.2, 0.25) is 0 Å². The molecule has 0 radical (unpaired) electrons. The average Bonchev–Trinajstić information content (AvgIpc) is 2.34. The number of nitrogens with one attached hydrogen (secondary N) is 1. The van der Waals surface area contributed by atoms with E-state index in [-0.39, 0.29) is 0 Å². The van der Waals surface area contributed by atoms with Crippen LogP contribution < -0.4 is 5.32 Å². The maximum Gasteiger partial charge on any atom is 0.0740 e. The summed E-state index contributed by atoms with van der Waals surface area (Å²) < 4.78 is 0. The van der Waals surface area contributed by atoms with Gasteiger partial charge in [0.1, 0.15) is 0 Å². The molecule has 0 saturated carbocycles. The Kier molecular flexibility index (Phi) is 4.08. The van der Waals surface area contributed by atoms with Crippen molar-refractivity contribution < 1.29 is 5.11 Å². The zero-order chi connectivity index (χ0) is 13.2. The third-order valence-electron chi connectivity index (χ3n) is 4.46. The molecule has 1 aromatic carbocycles. The molecule has 0 aromatic heterocycles. The molecular formula is C16H25NO. The molecule has 1 aliphatic rings. The molecule has 0 aliphatic carbocycles. The number of hydrogen-bond donors (Lipinski definition) is 2. The minimum absolute atomic E-state index is 0.368. The van der Waals surface area contributed by atoms with E-state index in [9.17, 15) is 5.11 Å². The molecule has 2 nitrogen and oxygen atoms in total. The van der Waals surface area contributed by atoms with Gasteiger partial charge in [-0.15, -0.1) is 0 Å². The average molecular weight is 247 g/mol. The van der Waals surface area contributed by atoms with Gasteiger partial charge in [0.15, 0.2) is 0 Å². The van der Waals surface area contributed by atoms with Crippen LogP contribution in [0.5, 0.6) is 0 Å². The Morgan fingerprint density at radius 3 is 2.78 bits per heavy atom. The Labute approximate surface area is 110 Å². The first-order valence-corrected chi connectivity index (χ1v) is 7.04. The number of rotatable bonds is 3. The van der Waals surface area contributed by atoms with Crippen molar-refractivity contribution in [2.75, 3.05) is 13.1 Å². The highest BCUT2D eigenvalue weighted by Gasteiger charge is 2.37. The molecule has 1 fully saturated rings. The fourth-order valence-corrected chi connectivity index (χ4v) is 3.00. The van der Waals surface area contributed by atoms with Gasteiger partial charge in [0.25, 0.3) is 0 Å². The monoisotopic (exact) mass is 247 g/mol. The minimum atomic E-state index is -0.526. The summed E-state index contributed by atoms with van der Waals surface area (Å²) in [4.78, 5) is 0. The normalized spacial score (nSPS) is 28.3. The molecule has 100 valence electrons. The molecule has 0 bridgehead atoms. The number of piperidine rings is 1. The summed E-state index contributed by atoms with van der Waals surface area (Å²) in [5.74, 6) is 0.368. The summed E-state index contributed by atoms with van der Waals surface area (Å²) in [6.07, 6.45) is 2.68. The first-order chi connectivity index (χ1) is 8.55. The smallest absolute Gasteiger partial charge is 0.0740 e. The van der Waals surface area contributed by atoms with E-state index < -0.39 is 5.60 Å². The molecule has 2 rings (SSSR count). The van der Waals surface area contributed by atoms with Crippen molar-refractivity contribution in [1.82, 2.24) is 5.32 Å². The van der Waals surface area contributed by atoms with Crippen LogP contribution in [0.25, 0.3) is 0 Å². The van der Waals surface area contributed by atoms with Crippen LogP contribution in [0.2, 0.25) is 0 Å². The van der Waals surface area contributed by atoms with Crippen molar-refractivity contribution in [1.29, 1.82) is 0 Å². The van der Waals surface area contributed by atoms with Crippen molar-refractivity contribution in [3.63, 3.8) is 0 Å². The van der Waals surface area contributed by atoms with Crippen LogP contribution >= 0.6 is 0 Å². The molecule has 1 heterocycles.